The van der Waals surface area contributed by atoms with Crippen LogP contribution in [-0.2, 0) is 60.8 Å². The van der Waals surface area contributed by atoms with Gasteiger partial charge < -0.3 is 39.4 Å². The standard InChI is InChI=1S/C39H44F3N3O12/c1-37(2,3)56-29(48)13-11-26(19-46)44-34(49)25-9-5-7-23(15-25)17-43-36(51)38-16-27-30-31(54-21-53-30)33(38)57-45(32(38)35(50)55-27)18-24-8-4-6-22(14-24)10-12-28(47)52-20-39(40,41)42/h4-10,12,14-15,26-27,30-33,46H,11,13,16-21H2,1-3H3,(H,43,51)(H,44,49)/t26-,27+,30-,31-,32-,33+,38-/m0/s1. The van der Waals surface area contributed by atoms with Crippen LogP contribution in [0.1, 0.15) is 67.1 Å². The molecule has 0 radical (unpaired) electrons. The highest BCUT2D eigenvalue weighted by Gasteiger charge is 2.74. The Kier molecular flexibility index (Phi) is 12.4. The number of hydrogen-bond acceptors (Lipinski definition) is 13. The van der Waals surface area contributed by atoms with E-state index in [1.54, 1.807) is 69.3 Å². The molecule has 3 saturated heterocycles. The van der Waals surface area contributed by atoms with Gasteiger partial charge in [-0.3, -0.25) is 24.0 Å². The van der Waals surface area contributed by atoms with Crippen molar-refractivity contribution in [2.24, 2.45) is 5.41 Å². The fourth-order valence-corrected chi connectivity index (χ4v) is 7.51. The molecule has 4 aliphatic rings. The lowest BCUT2D eigenvalue weighted by Gasteiger charge is -2.48. The lowest BCUT2D eigenvalue weighted by Crippen LogP contribution is -2.69. The largest absolute Gasteiger partial charge is 0.460 e. The zero-order valence-corrected chi connectivity index (χ0v) is 31.4. The molecule has 3 aliphatic heterocycles. The minimum Gasteiger partial charge on any atom is -0.460 e. The summed E-state index contributed by atoms with van der Waals surface area (Å²) in [6, 6.07) is 11.2. The second kappa shape index (κ2) is 16.9. The highest BCUT2D eigenvalue weighted by Crippen LogP contribution is 2.55. The number of ether oxygens (including phenoxy) is 5. The molecule has 18 heteroatoms. The van der Waals surface area contributed by atoms with E-state index in [0.29, 0.717) is 16.7 Å². The Bertz CT molecular complexity index is 1880. The first kappa shape index (κ1) is 41.7. The maximum atomic E-state index is 14.4. The average molecular weight is 804 g/mol. The molecule has 6 rings (SSSR count). The lowest BCUT2D eigenvalue weighted by atomic mass is 9.62. The summed E-state index contributed by atoms with van der Waals surface area (Å²) in [5.41, 5.74) is -0.316. The number of esters is 3. The zero-order valence-electron chi connectivity index (χ0n) is 31.4. The van der Waals surface area contributed by atoms with Crippen molar-refractivity contribution in [2.75, 3.05) is 20.0 Å². The maximum absolute atomic E-state index is 14.4. The Morgan fingerprint density at radius 2 is 1.79 bits per heavy atom. The number of rotatable bonds is 14. The Morgan fingerprint density at radius 3 is 2.53 bits per heavy atom. The third kappa shape index (κ3) is 9.81. The number of hydrogen-bond donors (Lipinski definition) is 3. The minimum atomic E-state index is -4.66. The van der Waals surface area contributed by atoms with Crippen molar-refractivity contribution in [1.82, 2.24) is 15.7 Å². The van der Waals surface area contributed by atoms with Crippen molar-refractivity contribution in [3.8, 4) is 0 Å². The smallest absolute Gasteiger partial charge is 0.422 e. The minimum absolute atomic E-state index is 0.00832. The summed E-state index contributed by atoms with van der Waals surface area (Å²) in [7, 11) is 0. The summed E-state index contributed by atoms with van der Waals surface area (Å²) >= 11 is 0. The molecule has 7 atom stereocenters. The Balaban J connectivity index is 1.15. The number of carbonyl (C=O) groups excluding carboxylic acids is 5. The van der Waals surface area contributed by atoms with Gasteiger partial charge in [0, 0.05) is 31.0 Å². The average Bonchev–Trinajstić information content (AvgIpc) is 3.78. The van der Waals surface area contributed by atoms with E-state index in [2.05, 4.69) is 15.4 Å². The third-order valence-corrected chi connectivity index (χ3v) is 9.89. The molecule has 2 aromatic rings. The van der Waals surface area contributed by atoms with Crippen LogP contribution >= 0.6 is 0 Å². The molecule has 308 valence electrons. The van der Waals surface area contributed by atoms with Gasteiger partial charge in [-0.2, -0.15) is 18.2 Å². The van der Waals surface area contributed by atoms with Gasteiger partial charge >= 0.3 is 24.1 Å². The van der Waals surface area contributed by atoms with Crippen molar-refractivity contribution in [3.63, 3.8) is 0 Å². The van der Waals surface area contributed by atoms with Crippen LogP contribution in [0.5, 0.6) is 0 Å². The number of aliphatic hydroxyl groups is 1. The summed E-state index contributed by atoms with van der Waals surface area (Å²) in [5, 5.41) is 16.9. The van der Waals surface area contributed by atoms with Crippen LogP contribution < -0.4 is 10.6 Å². The van der Waals surface area contributed by atoms with E-state index in [4.69, 9.17) is 23.8 Å². The Morgan fingerprint density at radius 1 is 1.05 bits per heavy atom. The van der Waals surface area contributed by atoms with Gasteiger partial charge in [0.1, 0.15) is 42.2 Å². The lowest BCUT2D eigenvalue weighted by molar-refractivity contribution is -0.201. The normalized spacial score (nSPS) is 26.0. The van der Waals surface area contributed by atoms with Crippen LogP contribution in [0.15, 0.2) is 54.6 Å². The van der Waals surface area contributed by atoms with Gasteiger partial charge in [-0.05, 0) is 62.1 Å². The molecule has 4 fully saturated rings. The molecule has 1 aliphatic carbocycles. The zero-order chi connectivity index (χ0) is 41.1. The molecule has 0 unspecified atom stereocenters. The highest BCUT2D eigenvalue weighted by atomic mass is 19.4. The number of benzene rings is 2. The van der Waals surface area contributed by atoms with Crippen LogP contribution in [0.3, 0.4) is 0 Å². The second-order valence-corrected chi connectivity index (χ2v) is 15.3. The molecule has 2 amide bonds. The van der Waals surface area contributed by atoms with Gasteiger partial charge in [0.2, 0.25) is 5.91 Å². The predicted octanol–water partition coefficient (Wildman–Crippen LogP) is 2.88. The van der Waals surface area contributed by atoms with Crippen molar-refractivity contribution < 1.29 is 70.8 Å². The first-order chi connectivity index (χ1) is 27.0. The van der Waals surface area contributed by atoms with Crippen molar-refractivity contribution in [1.29, 1.82) is 0 Å². The molecule has 0 aromatic heterocycles. The molecule has 57 heavy (non-hydrogen) atoms. The number of fused-ring (bicyclic) bond motifs is 4. The van der Waals surface area contributed by atoms with Gasteiger partial charge in [0.15, 0.2) is 12.6 Å². The molecule has 0 spiro atoms. The highest BCUT2D eigenvalue weighted by molar-refractivity contribution is 5.95. The van der Waals surface area contributed by atoms with Crippen LogP contribution in [0.2, 0.25) is 0 Å². The van der Waals surface area contributed by atoms with Gasteiger partial charge in [-0.1, -0.05) is 36.4 Å². The molecule has 2 bridgehead atoms. The molecular weight excluding hydrogens is 759 g/mol. The summed E-state index contributed by atoms with van der Waals surface area (Å²) in [6.45, 7) is 2.95. The van der Waals surface area contributed by atoms with Crippen LogP contribution in [-0.4, -0.2) is 108 Å². The predicted molar refractivity (Wildman–Crippen MR) is 190 cm³/mol. The van der Waals surface area contributed by atoms with E-state index in [1.165, 1.54) is 11.1 Å². The summed E-state index contributed by atoms with van der Waals surface area (Å²) in [4.78, 5) is 71.7. The summed E-state index contributed by atoms with van der Waals surface area (Å²) in [5.74, 6) is -3.35. The van der Waals surface area contributed by atoms with Gasteiger partial charge in [-0.15, -0.1) is 0 Å². The van der Waals surface area contributed by atoms with Crippen LogP contribution in [0, 0.1) is 5.41 Å². The third-order valence-electron chi connectivity index (χ3n) is 9.89. The topological polar surface area (TPSA) is 188 Å². The van der Waals surface area contributed by atoms with Gasteiger partial charge in [-0.25, -0.2) is 4.79 Å². The number of nitrogens with zero attached hydrogens (tertiary/aromatic N) is 1. The van der Waals surface area contributed by atoms with E-state index < -0.39 is 96.6 Å². The first-order valence-corrected chi connectivity index (χ1v) is 18.3. The van der Waals surface area contributed by atoms with Crippen molar-refractivity contribution in [2.45, 2.75) is 101 Å². The number of halogens is 3. The first-order valence-electron chi connectivity index (χ1n) is 18.3. The SMILES string of the molecule is CC(C)(C)OC(=O)CC[C@@H](CO)NC(=O)c1cccc(CNC(=O)[C@@]23C[C@H]4OC(=O)[C@@H]2N(Cc2cccc(C=CC(=O)OCC(F)(F)F)c2)O[C@@H]3[C@H]2OCO[C@H]24)c1. The number of carbonyl (C=O) groups is 5. The Labute approximate surface area is 325 Å². The number of alkyl halides is 3. The number of aliphatic hydroxyl groups excluding tert-OH is 1. The van der Waals surface area contributed by atoms with E-state index in [0.717, 1.165) is 6.08 Å². The summed E-state index contributed by atoms with van der Waals surface area (Å²) in [6.07, 6.45) is -5.48. The molecule has 2 aromatic carbocycles. The quantitative estimate of drug-likeness (QED) is 0.144. The molecule has 1 saturated carbocycles. The van der Waals surface area contributed by atoms with E-state index in [9.17, 15) is 42.3 Å². The molecule has 15 nitrogen and oxygen atoms in total. The van der Waals surface area contributed by atoms with E-state index >= 15 is 0 Å². The monoisotopic (exact) mass is 803 g/mol. The maximum Gasteiger partial charge on any atom is 0.422 e. The number of nitrogens with one attached hydrogen (secondary N) is 2. The summed E-state index contributed by atoms with van der Waals surface area (Å²) < 4.78 is 64.2. The Hall–Kier alpha value is -4.88. The van der Waals surface area contributed by atoms with Gasteiger partial charge in [0.05, 0.1) is 19.2 Å². The van der Waals surface area contributed by atoms with Crippen molar-refractivity contribution in [3.05, 3.63) is 76.9 Å². The van der Waals surface area contributed by atoms with Crippen LogP contribution in [0.4, 0.5) is 13.2 Å². The van der Waals surface area contributed by atoms with Crippen LogP contribution in [0.25, 0.3) is 6.08 Å². The van der Waals surface area contributed by atoms with Gasteiger partial charge in [0.25, 0.3) is 5.91 Å². The number of hydroxylamine groups is 2. The number of amides is 2. The fourth-order valence-electron chi connectivity index (χ4n) is 7.51. The van der Waals surface area contributed by atoms with E-state index in [1.807, 2.05) is 0 Å². The van der Waals surface area contributed by atoms with Crippen molar-refractivity contribution >= 4 is 35.8 Å². The molecule has 3 N–H and O–H groups in total. The molecule has 3 heterocycles. The molecular formula is C39H44F3N3O12. The fraction of sp³-hybridized carbons (Fsp3) is 0.513. The second-order valence-electron chi connectivity index (χ2n) is 15.3. The van der Waals surface area contributed by atoms with E-state index in [-0.39, 0.29) is 44.7 Å².